The van der Waals surface area contributed by atoms with Gasteiger partial charge in [-0.3, -0.25) is 4.99 Å². The van der Waals surface area contributed by atoms with E-state index in [1.807, 2.05) is 0 Å². The fraction of sp³-hybridized carbons (Fsp3) is 0.500. The Labute approximate surface area is 210 Å². The number of benzene rings is 2. The number of nitrogens with zero attached hydrogens (tertiary/aromatic N) is 3. The molecule has 0 saturated carbocycles. The number of hydrogen-bond acceptors (Lipinski definition) is 3. The van der Waals surface area contributed by atoms with Crippen molar-refractivity contribution in [3.63, 3.8) is 0 Å². The summed E-state index contributed by atoms with van der Waals surface area (Å²) in [7, 11) is 0. The Morgan fingerprint density at radius 3 is 2.47 bits per heavy atom. The lowest BCUT2D eigenvalue weighted by Gasteiger charge is -2.20. The van der Waals surface area contributed by atoms with E-state index in [2.05, 4.69) is 88.0 Å². The van der Waals surface area contributed by atoms with Gasteiger partial charge in [-0.2, -0.15) is 0 Å². The molecule has 2 atom stereocenters. The standard InChI is InChI=1S/C26H37N5.HI/c1-2-27-26(29-24-15-18-31(21-24)25-11-7-4-8-12-25)28-19-23-14-17-30(20-23)16-13-22-9-5-3-6-10-22;/h3-12,23-24H,2,13-21H2,1H3,(H2,27,28,29);1H. The number of hydrogen-bond donors (Lipinski definition) is 2. The Morgan fingerprint density at radius 1 is 0.969 bits per heavy atom. The van der Waals surface area contributed by atoms with Gasteiger partial charge in [-0.15, -0.1) is 24.0 Å². The van der Waals surface area contributed by atoms with Crippen molar-refractivity contribution in [2.24, 2.45) is 10.9 Å². The molecule has 0 aliphatic carbocycles. The summed E-state index contributed by atoms with van der Waals surface area (Å²) in [6, 6.07) is 22.0. The monoisotopic (exact) mass is 547 g/mol. The third-order valence-corrected chi connectivity index (χ3v) is 6.43. The van der Waals surface area contributed by atoms with Gasteiger partial charge in [0.2, 0.25) is 0 Å². The highest BCUT2D eigenvalue weighted by Gasteiger charge is 2.24. The van der Waals surface area contributed by atoms with E-state index in [9.17, 15) is 0 Å². The van der Waals surface area contributed by atoms with Crippen LogP contribution in [0.3, 0.4) is 0 Å². The highest BCUT2D eigenvalue weighted by molar-refractivity contribution is 14.0. The third kappa shape index (κ3) is 7.37. The van der Waals surface area contributed by atoms with Crippen LogP contribution < -0.4 is 15.5 Å². The van der Waals surface area contributed by atoms with Gasteiger partial charge >= 0.3 is 0 Å². The molecule has 2 aliphatic heterocycles. The van der Waals surface area contributed by atoms with Crippen LogP contribution in [0.5, 0.6) is 0 Å². The first-order chi connectivity index (χ1) is 15.3. The molecule has 2 N–H and O–H groups in total. The molecule has 2 aliphatic rings. The number of guanidine groups is 1. The van der Waals surface area contributed by atoms with Crippen LogP contribution in [-0.4, -0.2) is 62.7 Å². The molecule has 6 heteroatoms. The Hall–Kier alpha value is -1.80. The highest BCUT2D eigenvalue weighted by Crippen LogP contribution is 2.20. The smallest absolute Gasteiger partial charge is 0.191 e. The van der Waals surface area contributed by atoms with Crippen LogP contribution in [0, 0.1) is 5.92 Å². The Bertz CT molecular complexity index is 813. The minimum absolute atomic E-state index is 0. The fourth-order valence-corrected chi connectivity index (χ4v) is 4.68. The van der Waals surface area contributed by atoms with E-state index < -0.39 is 0 Å². The van der Waals surface area contributed by atoms with Gasteiger partial charge in [0.1, 0.15) is 0 Å². The number of likely N-dealkylation sites (tertiary alicyclic amines) is 1. The van der Waals surface area contributed by atoms with Crippen molar-refractivity contribution in [2.75, 3.05) is 50.7 Å². The summed E-state index contributed by atoms with van der Waals surface area (Å²) < 4.78 is 0. The molecule has 2 aromatic carbocycles. The normalized spacial score (nSPS) is 21.4. The molecule has 0 amide bonds. The minimum Gasteiger partial charge on any atom is -0.369 e. The topological polar surface area (TPSA) is 42.9 Å². The van der Waals surface area contributed by atoms with Crippen LogP contribution >= 0.6 is 24.0 Å². The second-order valence-electron chi connectivity index (χ2n) is 8.82. The lowest BCUT2D eigenvalue weighted by atomic mass is 10.1. The van der Waals surface area contributed by atoms with Gasteiger partial charge in [0, 0.05) is 51.0 Å². The second kappa shape index (κ2) is 13.0. The van der Waals surface area contributed by atoms with E-state index in [0.717, 1.165) is 51.5 Å². The first-order valence-corrected chi connectivity index (χ1v) is 11.9. The molecule has 32 heavy (non-hydrogen) atoms. The molecule has 2 fully saturated rings. The van der Waals surface area contributed by atoms with Gasteiger partial charge in [-0.1, -0.05) is 48.5 Å². The lowest BCUT2D eigenvalue weighted by Crippen LogP contribution is -2.45. The molecule has 4 rings (SSSR count). The van der Waals surface area contributed by atoms with Crippen LogP contribution in [0.2, 0.25) is 0 Å². The first-order valence-electron chi connectivity index (χ1n) is 11.9. The number of aliphatic imine (C=N–C) groups is 1. The summed E-state index contributed by atoms with van der Waals surface area (Å²) in [4.78, 5) is 10.0. The van der Waals surface area contributed by atoms with Crippen LogP contribution in [0.15, 0.2) is 65.7 Å². The highest BCUT2D eigenvalue weighted by atomic mass is 127. The summed E-state index contributed by atoms with van der Waals surface area (Å²) in [5.41, 5.74) is 2.75. The molecule has 2 unspecified atom stereocenters. The average Bonchev–Trinajstić information content (AvgIpc) is 3.47. The molecule has 2 heterocycles. The number of nitrogens with one attached hydrogen (secondary N) is 2. The zero-order chi connectivity index (χ0) is 21.3. The van der Waals surface area contributed by atoms with E-state index in [1.54, 1.807) is 0 Å². The summed E-state index contributed by atoms with van der Waals surface area (Å²) in [5.74, 6) is 1.64. The zero-order valence-corrected chi connectivity index (χ0v) is 21.6. The van der Waals surface area contributed by atoms with Crippen molar-refractivity contribution in [1.82, 2.24) is 15.5 Å². The molecule has 0 aromatic heterocycles. The number of halogens is 1. The molecule has 0 radical (unpaired) electrons. The van der Waals surface area contributed by atoms with E-state index in [0.29, 0.717) is 12.0 Å². The largest absolute Gasteiger partial charge is 0.369 e. The van der Waals surface area contributed by atoms with Crippen LogP contribution in [-0.2, 0) is 6.42 Å². The number of anilines is 1. The molecule has 2 aromatic rings. The van der Waals surface area contributed by atoms with Crippen molar-refractivity contribution in [3.05, 3.63) is 66.2 Å². The SMILES string of the molecule is CCNC(=NCC1CCN(CCc2ccccc2)C1)NC1CCN(c2ccccc2)C1.I. The third-order valence-electron chi connectivity index (χ3n) is 6.43. The van der Waals surface area contributed by atoms with Gasteiger partial charge in [-0.05, 0) is 56.3 Å². The van der Waals surface area contributed by atoms with Crippen LogP contribution in [0.4, 0.5) is 5.69 Å². The van der Waals surface area contributed by atoms with E-state index in [4.69, 9.17) is 4.99 Å². The van der Waals surface area contributed by atoms with Crippen molar-refractivity contribution in [1.29, 1.82) is 0 Å². The second-order valence-corrected chi connectivity index (χ2v) is 8.82. The zero-order valence-electron chi connectivity index (χ0n) is 19.2. The predicted octanol–water partition coefficient (Wildman–Crippen LogP) is 4.00. The molecule has 2 saturated heterocycles. The molecule has 0 bridgehead atoms. The maximum absolute atomic E-state index is 4.96. The Balaban J connectivity index is 0.00000289. The predicted molar refractivity (Wildman–Crippen MR) is 146 cm³/mol. The number of para-hydroxylation sites is 1. The van der Waals surface area contributed by atoms with Gasteiger partial charge in [0.15, 0.2) is 5.96 Å². The molecular weight excluding hydrogens is 509 g/mol. The van der Waals surface area contributed by atoms with Gasteiger partial charge in [0.05, 0.1) is 0 Å². The molecule has 174 valence electrons. The quantitative estimate of drug-likeness (QED) is 0.298. The van der Waals surface area contributed by atoms with E-state index in [-0.39, 0.29) is 24.0 Å². The maximum atomic E-state index is 4.96. The summed E-state index contributed by atoms with van der Waals surface area (Å²) in [5, 5.41) is 7.13. The average molecular weight is 548 g/mol. The van der Waals surface area contributed by atoms with Crippen molar-refractivity contribution >= 4 is 35.6 Å². The molecular formula is C26H38IN5. The maximum Gasteiger partial charge on any atom is 0.191 e. The lowest BCUT2D eigenvalue weighted by molar-refractivity contribution is 0.329. The van der Waals surface area contributed by atoms with Crippen molar-refractivity contribution in [3.8, 4) is 0 Å². The Morgan fingerprint density at radius 2 is 1.72 bits per heavy atom. The van der Waals surface area contributed by atoms with Crippen molar-refractivity contribution in [2.45, 2.75) is 32.2 Å². The summed E-state index contributed by atoms with van der Waals surface area (Å²) in [6.45, 7) is 9.60. The number of rotatable bonds is 8. The molecule has 5 nitrogen and oxygen atoms in total. The van der Waals surface area contributed by atoms with Crippen LogP contribution in [0.25, 0.3) is 0 Å². The van der Waals surface area contributed by atoms with Gasteiger partial charge < -0.3 is 20.4 Å². The summed E-state index contributed by atoms with van der Waals surface area (Å²) >= 11 is 0. The van der Waals surface area contributed by atoms with E-state index in [1.165, 1.54) is 30.8 Å². The van der Waals surface area contributed by atoms with Crippen LogP contribution in [0.1, 0.15) is 25.3 Å². The Kier molecular flexibility index (Phi) is 10.1. The van der Waals surface area contributed by atoms with Gasteiger partial charge in [0.25, 0.3) is 0 Å². The minimum atomic E-state index is 0. The summed E-state index contributed by atoms with van der Waals surface area (Å²) in [6.07, 6.45) is 3.54. The van der Waals surface area contributed by atoms with Crippen molar-refractivity contribution < 1.29 is 0 Å². The van der Waals surface area contributed by atoms with Gasteiger partial charge in [-0.25, -0.2) is 0 Å². The fourth-order valence-electron chi connectivity index (χ4n) is 4.68. The van der Waals surface area contributed by atoms with E-state index >= 15 is 0 Å². The molecule has 0 spiro atoms. The first kappa shape index (κ1) is 24.8.